The van der Waals surface area contributed by atoms with Crippen molar-refractivity contribution in [3.63, 3.8) is 0 Å². The molecule has 0 spiro atoms. The van der Waals surface area contributed by atoms with Crippen LogP contribution in [-0.4, -0.2) is 37.0 Å². The Morgan fingerprint density at radius 1 is 1.23 bits per heavy atom. The van der Waals surface area contributed by atoms with Gasteiger partial charge < -0.3 is 15.0 Å². The van der Waals surface area contributed by atoms with Crippen LogP contribution in [0.15, 0.2) is 30.3 Å². The Bertz CT molecular complexity index is 741. The van der Waals surface area contributed by atoms with E-state index in [1.807, 2.05) is 24.3 Å². The summed E-state index contributed by atoms with van der Waals surface area (Å²) in [6, 6.07) is 10.0. The Labute approximate surface area is 160 Å². The van der Waals surface area contributed by atoms with Crippen LogP contribution in [0.5, 0.6) is 5.75 Å². The van der Waals surface area contributed by atoms with E-state index in [-0.39, 0.29) is 5.91 Å². The highest BCUT2D eigenvalue weighted by molar-refractivity contribution is 7.17. The lowest BCUT2D eigenvalue weighted by Crippen LogP contribution is -2.30. The van der Waals surface area contributed by atoms with Gasteiger partial charge in [0.25, 0.3) is 5.91 Å². The molecular weight excluding hydrogens is 344 g/mol. The predicted octanol–water partition coefficient (Wildman–Crippen LogP) is 4.55. The molecule has 1 N–H and O–H groups in total. The van der Waals surface area contributed by atoms with Gasteiger partial charge >= 0.3 is 0 Å². The van der Waals surface area contributed by atoms with Gasteiger partial charge in [0.05, 0.1) is 4.88 Å². The summed E-state index contributed by atoms with van der Waals surface area (Å²) < 4.78 is 5.78. The van der Waals surface area contributed by atoms with Crippen LogP contribution in [0, 0.1) is 0 Å². The van der Waals surface area contributed by atoms with Crippen LogP contribution >= 0.6 is 11.3 Å². The molecule has 0 atom stereocenters. The van der Waals surface area contributed by atoms with Crippen molar-refractivity contribution in [2.75, 3.05) is 26.2 Å². The normalized spacial score (nSPS) is 12.4. The molecule has 0 fully saturated rings. The second-order valence-electron chi connectivity index (χ2n) is 6.65. The summed E-state index contributed by atoms with van der Waals surface area (Å²) in [4.78, 5) is 16.9. The van der Waals surface area contributed by atoms with Crippen molar-refractivity contribution < 1.29 is 9.53 Å². The van der Waals surface area contributed by atoms with Crippen molar-refractivity contribution in [2.45, 2.75) is 39.7 Å². The Kier molecular flexibility index (Phi) is 6.69. The number of unbranched alkanes of at least 4 members (excludes halogenated alkanes) is 1. The summed E-state index contributed by atoms with van der Waals surface area (Å²) in [6.07, 6.45) is 3.45. The number of amides is 1. The van der Waals surface area contributed by atoms with E-state index in [9.17, 15) is 4.79 Å². The molecule has 0 unspecified atom stereocenters. The number of thiophene rings is 1. The van der Waals surface area contributed by atoms with Crippen molar-refractivity contribution in [2.24, 2.45) is 0 Å². The first-order chi connectivity index (χ1) is 12.7. The third kappa shape index (κ3) is 4.46. The van der Waals surface area contributed by atoms with Gasteiger partial charge in [0.2, 0.25) is 0 Å². The van der Waals surface area contributed by atoms with Gasteiger partial charge in [0.1, 0.15) is 12.4 Å². The Hall–Kier alpha value is -1.85. The minimum atomic E-state index is 0.0264. The second kappa shape index (κ2) is 9.19. The molecule has 1 aromatic carbocycles. The molecule has 1 amide bonds. The highest BCUT2D eigenvalue weighted by Gasteiger charge is 2.22. The van der Waals surface area contributed by atoms with Crippen molar-refractivity contribution in [3.8, 4) is 16.2 Å². The average Bonchev–Trinajstić information content (AvgIpc) is 3.12. The summed E-state index contributed by atoms with van der Waals surface area (Å²) in [5.74, 6) is 0.930. The largest absolute Gasteiger partial charge is 0.488 e. The van der Waals surface area contributed by atoms with Crippen LogP contribution in [-0.2, 0) is 6.61 Å². The second-order valence-corrected chi connectivity index (χ2v) is 7.70. The fourth-order valence-electron chi connectivity index (χ4n) is 3.21. The van der Waals surface area contributed by atoms with Crippen LogP contribution in [0.4, 0.5) is 0 Å². The number of ether oxygens (including phenoxy) is 1. The van der Waals surface area contributed by atoms with E-state index >= 15 is 0 Å². The van der Waals surface area contributed by atoms with E-state index in [4.69, 9.17) is 4.74 Å². The number of benzene rings is 1. The molecule has 5 heteroatoms. The van der Waals surface area contributed by atoms with E-state index in [2.05, 4.69) is 30.1 Å². The molecule has 0 saturated heterocycles. The zero-order valence-electron chi connectivity index (χ0n) is 15.7. The minimum absolute atomic E-state index is 0.0264. The van der Waals surface area contributed by atoms with Crippen LogP contribution < -0.4 is 10.1 Å². The molecule has 1 aliphatic rings. The number of fused-ring (bicyclic) bond motifs is 3. The van der Waals surface area contributed by atoms with Crippen LogP contribution in [0.3, 0.4) is 0 Å². The molecule has 26 heavy (non-hydrogen) atoms. The van der Waals surface area contributed by atoms with Gasteiger partial charge in [-0.1, -0.05) is 32.4 Å². The summed E-state index contributed by atoms with van der Waals surface area (Å²) >= 11 is 1.56. The molecule has 1 aromatic heterocycles. The van der Waals surface area contributed by atoms with E-state index < -0.39 is 0 Å². The highest BCUT2D eigenvalue weighted by atomic mass is 32.1. The Balaban J connectivity index is 1.53. The number of carbonyl (C=O) groups excluding carboxylic acids is 1. The smallest absolute Gasteiger partial charge is 0.261 e. The molecule has 2 aromatic rings. The lowest BCUT2D eigenvalue weighted by atomic mass is 10.1. The van der Waals surface area contributed by atoms with E-state index in [1.54, 1.807) is 11.3 Å². The first-order valence-electron chi connectivity index (χ1n) is 9.58. The number of nitrogens with one attached hydrogen (secondary N) is 1. The molecule has 0 radical (unpaired) electrons. The molecular formula is C21H28N2O2S. The predicted molar refractivity (Wildman–Crippen MR) is 108 cm³/mol. The SMILES string of the molecule is CCCCN(CC)CCCNC(=O)c1cc2c(s1)-c1ccccc1OC2. The monoisotopic (exact) mass is 372 g/mol. The summed E-state index contributed by atoms with van der Waals surface area (Å²) in [6.45, 7) is 8.94. The number of carbonyl (C=O) groups is 1. The fourth-order valence-corrected chi connectivity index (χ4v) is 4.33. The van der Waals surface area contributed by atoms with Crippen molar-refractivity contribution in [3.05, 3.63) is 40.8 Å². The molecule has 140 valence electrons. The van der Waals surface area contributed by atoms with Crippen molar-refractivity contribution in [1.82, 2.24) is 10.2 Å². The standard InChI is InChI=1S/C21H28N2O2S/c1-3-5-12-23(4-2)13-8-11-22-21(24)19-14-16-15-25-18-10-7-6-9-17(18)20(16)26-19/h6-7,9-10,14H,3-5,8,11-13,15H2,1-2H3,(H,22,24). The zero-order valence-corrected chi connectivity index (χ0v) is 16.5. The maximum absolute atomic E-state index is 12.5. The Morgan fingerprint density at radius 2 is 2.04 bits per heavy atom. The summed E-state index contributed by atoms with van der Waals surface area (Å²) in [7, 11) is 0. The lowest BCUT2D eigenvalue weighted by molar-refractivity contribution is 0.0955. The minimum Gasteiger partial charge on any atom is -0.488 e. The Morgan fingerprint density at radius 3 is 2.85 bits per heavy atom. The number of hydrogen-bond donors (Lipinski definition) is 1. The maximum Gasteiger partial charge on any atom is 0.261 e. The number of para-hydroxylation sites is 1. The van der Waals surface area contributed by atoms with E-state index in [0.717, 1.165) is 59.2 Å². The lowest BCUT2D eigenvalue weighted by Gasteiger charge is -2.19. The van der Waals surface area contributed by atoms with Gasteiger partial charge in [-0.25, -0.2) is 0 Å². The molecule has 4 nitrogen and oxygen atoms in total. The molecule has 0 bridgehead atoms. The average molecular weight is 373 g/mol. The summed E-state index contributed by atoms with van der Waals surface area (Å²) in [5.41, 5.74) is 2.20. The molecule has 1 aliphatic heterocycles. The van der Waals surface area contributed by atoms with Crippen LogP contribution in [0.2, 0.25) is 0 Å². The van der Waals surface area contributed by atoms with Gasteiger partial charge in [-0.15, -0.1) is 11.3 Å². The third-order valence-corrected chi connectivity index (χ3v) is 5.97. The van der Waals surface area contributed by atoms with E-state index in [1.165, 1.54) is 12.8 Å². The van der Waals surface area contributed by atoms with Crippen LogP contribution in [0.25, 0.3) is 10.4 Å². The van der Waals surface area contributed by atoms with Gasteiger partial charge in [-0.2, -0.15) is 0 Å². The topological polar surface area (TPSA) is 41.6 Å². The van der Waals surface area contributed by atoms with E-state index in [0.29, 0.717) is 6.61 Å². The highest BCUT2D eigenvalue weighted by Crippen LogP contribution is 2.42. The van der Waals surface area contributed by atoms with Gasteiger partial charge in [0.15, 0.2) is 0 Å². The molecule has 0 aliphatic carbocycles. The van der Waals surface area contributed by atoms with Gasteiger partial charge in [-0.05, 0) is 50.7 Å². The maximum atomic E-state index is 12.5. The first kappa shape index (κ1) is 18.9. The molecule has 3 rings (SSSR count). The molecule has 0 saturated carbocycles. The zero-order chi connectivity index (χ0) is 18.4. The fraction of sp³-hybridized carbons (Fsp3) is 0.476. The van der Waals surface area contributed by atoms with Gasteiger partial charge in [0, 0.05) is 22.5 Å². The number of rotatable bonds is 9. The van der Waals surface area contributed by atoms with Crippen LogP contribution in [0.1, 0.15) is 48.3 Å². The first-order valence-corrected chi connectivity index (χ1v) is 10.4. The third-order valence-electron chi connectivity index (χ3n) is 4.76. The quantitative estimate of drug-likeness (QED) is 0.657. The number of nitrogens with zero attached hydrogens (tertiary/aromatic N) is 1. The van der Waals surface area contributed by atoms with Crippen molar-refractivity contribution in [1.29, 1.82) is 0 Å². The van der Waals surface area contributed by atoms with Crippen molar-refractivity contribution >= 4 is 17.2 Å². The van der Waals surface area contributed by atoms with Gasteiger partial charge in [-0.3, -0.25) is 4.79 Å². The number of hydrogen-bond acceptors (Lipinski definition) is 4. The molecule has 2 heterocycles. The summed E-state index contributed by atoms with van der Waals surface area (Å²) in [5, 5.41) is 3.07.